The number of nitriles is 1. The summed E-state index contributed by atoms with van der Waals surface area (Å²) in [7, 11) is 5.98. The summed E-state index contributed by atoms with van der Waals surface area (Å²) in [5.74, 6) is 0. The number of carbonyl (C=O) groups is 1. The zero-order valence-corrected chi connectivity index (χ0v) is 21.7. The lowest BCUT2D eigenvalue weighted by molar-refractivity contribution is 0.00793. The van der Waals surface area contributed by atoms with Crippen LogP contribution in [-0.2, 0) is 20.0 Å². The number of nitrogens with zero attached hydrogens (tertiary/aromatic N) is 7. The molecule has 1 unspecified atom stereocenters. The van der Waals surface area contributed by atoms with Crippen molar-refractivity contribution < 1.29 is 4.79 Å². The summed E-state index contributed by atoms with van der Waals surface area (Å²) in [5.41, 5.74) is 11.8. The SMILES string of the molecule is Cc1cc2nc(-c3cncn3C)cc(CN(C)N(CC3CCCCN3C)C(N)=O)c2cc1CCC#N. The Hall–Kier alpha value is -3.48. The molecule has 3 heterocycles. The van der Waals surface area contributed by atoms with Gasteiger partial charge in [-0.1, -0.05) is 6.42 Å². The number of imidazole rings is 1. The normalized spacial score (nSPS) is 16.4. The Morgan fingerprint density at radius 1 is 1.25 bits per heavy atom. The van der Waals surface area contributed by atoms with Crippen LogP contribution in [0.2, 0.25) is 0 Å². The number of carbonyl (C=O) groups excluding carboxylic acids is 1. The molecule has 3 aromatic rings. The van der Waals surface area contributed by atoms with Gasteiger partial charge in [-0.15, -0.1) is 0 Å². The number of hydrazine groups is 1. The lowest BCUT2D eigenvalue weighted by atomic mass is 9.97. The van der Waals surface area contributed by atoms with E-state index in [2.05, 4.69) is 48.1 Å². The molecule has 1 aliphatic heterocycles. The van der Waals surface area contributed by atoms with Gasteiger partial charge < -0.3 is 15.2 Å². The molecule has 1 aromatic carbocycles. The lowest BCUT2D eigenvalue weighted by Crippen LogP contribution is -2.53. The third kappa shape index (κ3) is 5.50. The van der Waals surface area contributed by atoms with Crippen LogP contribution in [0.4, 0.5) is 4.79 Å². The molecule has 9 nitrogen and oxygen atoms in total. The summed E-state index contributed by atoms with van der Waals surface area (Å²) in [6, 6.07) is 8.39. The fourth-order valence-corrected chi connectivity index (χ4v) is 5.12. The van der Waals surface area contributed by atoms with E-state index >= 15 is 0 Å². The minimum Gasteiger partial charge on any atom is -0.350 e. The third-order valence-corrected chi connectivity index (χ3v) is 7.31. The maximum absolute atomic E-state index is 12.5. The van der Waals surface area contributed by atoms with Crippen molar-refractivity contribution in [3.63, 3.8) is 0 Å². The van der Waals surface area contributed by atoms with Crippen molar-refractivity contribution in [1.29, 1.82) is 5.26 Å². The number of nitrogens with two attached hydrogens (primary N) is 1. The van der Waals surface area contributed by atoms with Crippen molar-refractivity contribution in [1.82, 2.24) is 29.5 Å². The Morgan fingerprint density at radius 3 is 2.72 bits per heavy atom. The second-order valence-electron chi connectivity index (χ2n) is 9.88. The minimum absolute atomic E-state index is 0.285. The first-order valence-electron chi connectivity index (χ1n) is 12.5. The predicted octanol–water partition coefficient (Wildman–Crippen LogP) is 3.61. The minimum atomic E-state index is -0.452. The number of pyridine rings is 1. The maximum Gasteiger partial charge on any atom is 0.329 e. The van der Waals surface area contributed by atoms with Crippen LogP contribution < -0.4 is 5.73 Å². The van der Waals surface area contributed by atoms with E-state index in [1.807, 2.05) is 29.9 Å². The lowest BCUT2D eigenvalue weighted by Gasteiger charge is -2.39. The fraction of sp³-hybridized carbons (Fsp3) is 0.481. The Kier molecular flexibility index (Phi) is 7.87. The fourth-order valence-electron chi connectivity index (χ4n) is 5.12. The molecule has 0 spiro atoms. The van der Waals surface area contributed by atoms with Crippen LogP contribution >= 0.6 is 0 Å². The van der Waals surface area contributed by atoms with Crippen LogP contribution in [0.25, 0.3) is 22.3 Å². The van der Waals surface area contributed by atoms with Crippen LogP contribution in [0, 0.1) is 18.3 Å². The smallest absolute Gasteiger partial charge is 0.329 e. The van der Waals surface area contributed by atoms with Crippen molar-refractivity contribution in [3.8, 4) is 17.5 Å². The molecule has 2 amide bonds. The number of benzene rings is 1. The standard InChI is InChI=1S/C27H36N8O/c1-19-12-24-23(13-20(19)8-7-10-28)21(14-25(31-24)26-15-30-18-33(26)3)16-34(4)35(27(29)36)17-22-9-5-6-11-32(22)2/h12-15,18,22H,5-9,11,16-17H2,1-4H3,(H2,29,36). The second-order valence-corrected chi connectivity index (χ2v) is 9.88. The van der Waals surface area contributed by atoms with E-state index in [-0.39, 0.29) is 6.04 Å². The van der Waals surface area contributed by atoms with Gasteiger partial charge in [0, 0.05) is 38.5 Å². The summed E-state index contributed by atoms with van der Waals surface area (Å²) in [6.07, 6.45) is 8.14. The van der Waals surface area contributed by atoms with Crippen molar-refractivity contribution >= 4 is 16.9 Å². The molecule has 0 aliphatic carbocycles. The number of rotatable bonds is 8. The molecular weight excluding hydrogens is 452 g/mol. The molecule has 0 radical (unpaired) electrons. The first kappa shape index (κ1) is 25.6. The molecule has 1 aliphatic rings. The van der Waals surface area contributed by atoms with Crippen LogP contribution in [0.5, 0.6) is 0 Å². The number of amides is 2. The summed E-state index contributed by atoms with van der Waals surface area (Å²) < 4.78 is 1.95. The molecule has 1 fully saturated rings. The summed E-state index contributed by atoms with van der Waals surface area (Å²) in [4.78, 5) is 24.1. The van der Waals surface area contributed by atoms with E-state index in [0.717, 1.165) is 51.9 Å². The first-order chi connectivity index (χ1) is 17.3. The summed E-state index contributed by atoms with van der Waals surface area (Å²) >= 11 is 0. The molecule has 9 heteroatoms. The molecule has 2 N–H and O–H groups in total. The van der Waals surface area contributed by atoms with Crippen LogP contribution in [0.1, 0.15) is 42.4 Å². The van der Waals surface area contributed by atoms with Gasteiger partial charge in [-0.25, -0.2) is 19.8 Å². The van der Waals surface area contributed by atoms with Crippen molar-refractivity contribution in [2.24, 2.45) is 12.8 Å². The topological polar surface area (TPSA) is 107 Å². The molecule has 0 bridgehead atoms. The number of fused-ring (bicyclic) bond motifs is 1. The highest BCUT2D eigenvalue weighted by Gasteiger charge is 2.26. The molecule has 1 atom stereocenters. The van der Waals surface area contributed by atoms with Crippen molar-refractivity contribution in [2.45, 2.75) is 51.6 Å². The third-order valence-electron chi connectivity index (χ3n) is 7.31. The van der Waals surface area contributed by atoms with Crippen LogP contribution in [-0.4, -0.2) is 68.7 Å². The highest BCUT2D eigenvalue weighted by atomic mass is 16.2. The number of likely N-dealkylation sites (tertiary alicyclic amines) is 1. The molecule has 1 saturated heterocycles. The number of urea groups is 1. The number of hydrogen-bond donors (Lipinski definition) is 1. The number of hydrogen-bond acceptors (Lipinski definition) is 6. The van der Waals surface area contributed by atoms with Gasteiger partial charge in [-0.3, -0.25) is 5.01 Å². The zero-order valence-electron chi connectivity index (χ0n) is 21.7. The number of piperidine rings is 1. The molecule has 2 aromatic heterocycles. The van der Waals surface area contributed by atoms with Gasteiger partial charge in [0.2, 0.25) is 0 Å². The zero-order chi connectivity index (χ0) is 25.8. The van der Waals surface area contributed by atoms with Gasteiger partial charge in [-0.05, 0) is 74.7 Å². The molecular formula is C27H36N8O. The van der Waals surface area contributed by atoms with E-state index in [0.29, 0.717) is 25.9 Å². The maximum atomic E-state index is 12.5. The summed E-state index contributed by atoms with van der Waals surface area (Å²) in [5, 5.41) is 13.7. The molecule has 4 rings (SSSR count). The number of aromatic nitrogens is 3. The summed E-state index contributed by atoms with van der Waals surface area (Å²) in [6.45, 7) is 4.15. The average Bonchev–Trinajstić information content (AvgIpc) is 3.27. The van der Waals surface area contributed by atoms with Gasteiger partial charge in [0.15, 0.2) is 0 Å². The van der Waals surface area contributed by atoms with Gasteiger partial charge in [0.25, 0.3) is 0 Å². The van der Waals surface area contributed by atoms with Gasteiger partial charge in [0.05, 0.1) is 42.0 Å². The largest absolute Gasteiger partial charge is 0.350 e. The van der Waals surface area contributed by atoms with Crippen molar-refractivity contribution in [2.75, 3.05) is 27.2 Å². The molecule has 36 heavy (non-hydrogen) atoms. The monoisotopic (exact) mass is 488 g/mol. The van der Waals surface area contributed by atoms with Crippen molar-refractivity contribution in [3.05, 3.63) is 47.4 Å². The Morgan fingerprint density at radius 2 is 2.06 bits per heavy atom. The Bertz CT molecular complexity index is 1280. The van der Waals surface area contributed by atoms with Gasteiger partial charge in [0.1, 0.15) is 0 Å². The molecule has 0 saturated carbocycles. The Labute approximate surface area is 213 Å². The van der Waals surface area contributed by atoms with E-state index in [9.17, 15) is 4.79 Å². The highest BCUT2D eigenvalue weighted by Crippen LogP contribution is 2.29. The molecule has 190 valence electrons. The van der Waals surface area contributed by atoms with Crippen LogP contribution in [0.15, 0.2) is 30.7 Å². The van der Waals surface area contributed by atoms with E-state index in [1.165, 1.54) is 12.8 Å². The van der Waals surface area contributed by atoms with E-state index < -0.39 is 6.03 Å². The Balaban J connectivity index is 1.73. The number of aryl methyl sites for hydroxylation is 3. The average molecular weight is 489 g/mol. The highest BCUT2D eigenvalue weighted by molar-refractivity contribution is 5.86. The first-order valence-corrected chi connectivity index (χ1v) is 12.5. The van der Waals surface area contributed by atoms with E-state index in [1.54, 1.807) is 11.3 Å². The second kappa shape index (κ2) is 11.1. The number of likely N-dealkylation sites (N-methyl/N-ethyl adjacent to an activating group) is 1. The van der Waals surface area contributed by atoms with Gasteiger partial charge >= 0.3 is 6.03 Å². The van der Waals surface area contributed by atoms with Gasteiger partial charge in [-0.2, -0.15) is 5.26 Å². The number of primary amides is 1. The quantitative estimate of drug-likeness (QED) is 0.486. The van der Waals surface area contributed by atoms with Crippen LogP contribution in [0.3, 0.4) is 0 Å². The van der Waals surface area contributed by atoms with E-state index in [4.69, 9.17) is 16.0 Å². The predicted molar refractivity (Wildman–Crippen MR) is 141 cm³/mol.